The van der Waals surface area contributed by atoms with Crippen LogP contribution in [0.15, 0.2) is 23.2 Å². The van der Waals surface area contributed by atoms with E-state index in [4.69, 9.17) is 0 Å². The second kappa shape index (κ2) is 2.05. The molecule has 0 saturated carbocycles. The molecule has 10 heavy (non-hydrogen) atoms. The van der Waals surface area contributed by atoms with Crippen LogP contribution < -0.4 is 0 Å². The van der Waals surface area contributed by atoms with Crippen molar-refractivity contribution in [1.82, 2.24) is 15.0 Å². The van der Waals surface area contributed by atoms with Crippen molar-refractivity contribution in [3.63, 3.8) is 0 Å². The zero-order valence-corrected chi connectivity index (χ0v) is 6.59. The van der Waals surface area contributed by atoms with Crippen LogP contribution in [0.5, 0.6) is 0 Å². The molecule has 0 aromatic carbocycles. The third-order valence-corrected chi connectivity index (χ3v) is 1.65. The molecule has 0 aliphatic heterocycles. The smallest absolute Gasteiger partial charge is 0.197 e. The lowest BCUT2D eigenvalue weighted by Crippen LogP contribution is -1.80. The molecule has 0 aliphatic rings. The van der Waals surface area contributed by atoms with Crippen molar-refractivity contribution in [2.24, 2.45) is 0 Å². The molecule has 0 saturated heterocycles. The van der Waals surface area contributed by atoms with Crippen LogP contribution in [-0.4, -0.2) is 15.0 Å². The Kier molecular flexibility index (Phi) is 1.20. The quantitative estimate of drug-likeness (QED) is 0.654. The first-order valence-electron chi connectivity index (χ1n) is 2.82. The van der Waals surface area contributed by atoms with Gasteiger partial charge in [0, 0.05) is 6.20 Å². The molecule has 4 heteroatoms. The van der Waals surface area contributed by atoms with E-state index in [0.717, 1.165) is 11.0 Å². The predicted octanol–water partition coefficient (Wildman–Crippen LogP) is 1.72. The van der Waals surface area contributed by atoms with Gasteiger partial charge in [0.25, 0.3) is 0 Å². The summed E-state index contributed by atoms with van der Waals surface area (Å²) in [5, 5.41) is 0. The standard InChI is InChI=1S/C6H4BrN3/c7-6-9-3-5-4(10-6)1-2-8-5/h1-3,8H. The lowest BCUT2D eigenvalue weighted by Gasteiger charge is -1.87. The van der Waals surface area contributed by atoms with Crippen LogP contribution in [0.3, 0.4) is 0 Å². The molecule has 0 unspecified atom stereocenters. The minimum absolute atomic E-state index is 0.625. The van der Waals surface area contributed by atoms with Gasteiger partial charge in [0.15, 0.2) is 4.73 Å². The van der Waals surface area contributed by atoms with Crippen LogP contribution in [-0.2, 0) is 0 Å². The van der Waals surface area contributed by atoms with E-state index in [1.54, 1.807) is 6.20 Å². The van der Waals surface area contributed by atoms with E-state index in [-0.39, 0.29) is 0 Å². The molecule has 0 spiro atoms. The van der Waals surface area contributed by atoms with Gasteiger partial charge in [0.1, 0.15) is 0 Å². The number of rotatable bonds is 0. The van der Waals surface area contributed by atoms with E-state index < -0.39 is 0 Å². The van der Waals surface area contributed by atoms with Crippen molar-refractivity contribution in [3.8, 4) is 0 Å². The molecular weight excluding hydrogens is 194 g/mol. The summed E-state index contributed by atoms with van der Waals surface area (Å²) in [6.07, 6.45) is 3.58. The van der Waals surface area contributed by atoms with Gasteiger partial charge in [-0.3, -0.25) is 0 Å². The van der Waals surface area contributed by atoms with Gasteiger partial charge in [0.05, 0.1) is 17.2 Å². The largest absolute Gasteiger partial charge is 0.359 e. The Labute approximate surface area is 65.6 Å². The van der Waals surface area contributed by atoms with Crippen LogP contribution in [0.2, 0.25) is 0 Å². The monoisotopic (exact) mass is 197 g/mol. The Balaban J connectivity index is 2.86. The molecule has 2 aromatic rings. The van der Waals surface area contributed by atoms with E-state index >= 15 is 0 Å². The predicted molar refractivity (Wildman–Crippen MR) is 41.6 cm³/mol. The first-order chi connectivity index (χ1) is 4.86. The number of halogens is 1. The Bertz CT molecular complexity index is 355. The molecular formula is C6H4BrN3. The van der Waals surface area contributed by atoms with Crippen LogP contribution in [0.1, 0.15) is 0 Å². The molecule has 3 nitrogen and oxygen atoms in total. The second-order valence-corrected chi connectivity index (χ2v) is 2.62. The van der Waals surface area contributed by atoms with Crippen LogP contribution in [0.25, 0.3) is 11.0 Å². The first kappa shape index (κ1) is 5.85. The molecule has 0 radical (unpaired) electrons. The Morgan fingerprint density at radius 2 is 2.40 bits per heavy atom. The van der Waals surface area contributed by atoms with Crippen molar-refractivity contribution in [2.45, 2.75) is 0 Å². The maximum atomic E-state index is 4.11. The average Bonchev–Trinajstić information content (AvgIpc) is 2.33. The van der Waals surface area contributed by atoms with Gasteiger partial charge in [-0.1, -0.05) is 0 Å². The van der Waals surface area contributed by atoms with Gasteiger partial charge in [-0.25, -0.2) is 9.97 Å². The molecule has 0 amide bonds. The molecule has 2 heterocycles. The van der Waals surface area contributed by atoms with Crippen molar-refractivity contribution in [2.75, 3.05) is 0 Å². The molecule has 1 N–H and O–H groups in total. The zero-order chi connectivity index (χ0) is 6.97. The number of nitrogens with zero attached hydrogens (tertiary/aromatic N) is 2. The second-order valence-electron chi connectivity index (χ2n) is 1.92. The first-order valence-corrected chi connectivity index (χ1v) is 3.61. The molecule has 0 bridgehead atoms. The Morgan fingerprint density at radius 1 is 1.50 bits per heavy atom. The normalized spacial score (nSPS) is 10.5. The van der Waals surface area contributed by atoms with E-state index in [1.807, 2.05) is 12.3 Å². The van der Waals surface area contributed by atoms with E-state index in [0.29, 0.717) is 4.73 Å². The highest BCUT2D eigenvalue weighted by atomic mass is 79.9. The summed E-state index contributed by atoms with van der Waals surface area (Å²) >= 11 is 3.18. The van der Waals surface area contributed by atoms with Gasteiger partial charge < -0.3 is 4.98 Å². The van der Waals surface area contributed by atoms with Crippen LogP contribution in [0, 0.1) is 0 Å². The number of aromatic amines is 1. The molecule has 2 aromatic heterocycles. The van der Waals surface area contributed by atoms with Crippen molar-refractivity contribution in [3.05, 3.63) is 23.2 Å². The van der Waals surface area contributed by atoms with E-state index in [9.17, 15) is 0 Å². The maximum absolute atomic E-state index is 4.11. The Hall–Kier alpha value is -0.900. The fourth-order valence-electron chi connectivity index (χ4n) is 0.821. The molecule has 2 rings (SSSR count). The highest BCUT2D eigenvalue weighted by Crippen LogP contribution is 2.09. The van der Waals surface area contributed by atoms with Gasteiger partial charge >= 0.3 is 0 Å². The molecule has 50 valence electrons. The summed E-state index contributed by atoms with van der Waals surface area (Å²) in [6, 6.07) is 1.90. The van der Waals surface area contributed by atoms with Gasteiger partial charge in [-0.15, -0.1) is 0 Å². The van der Waals surface area contributed by atoms with Crippen molar-refractivity contribution in [1.29, 1.82) is 0 Å². The summed E-state index contributed by atoms with van der Waals surface area (Å²) in [6.45, 7) is 0. The average molecular weight is 198 g/mol. The van der Waals surface area contributed by atoms with Crippen LogP contribution in [0.4, 0.5) is 0 Å². The minimum Gasteiger partial charge on any atom is -0.359 e. The fraction of sp³-hybridized carbons (Fsp3) is 0. The molecule has 0 atom stereocenters. The van der Waals surface area contributed by atoms with Crippen molar-refractivity contribution < 1.29 is 0 Å². The highest BCUT2D eigenvalue weighted by Gasteiger charge is 1.94. The summed E-state index contributed by atoms with van der Waals surface area (Å²) < 4.78 is 0.625. The van der Waals surface area contributed by atoms with E-state index in [2.05, 4.69) is 30.9 Å². The summed E-state index contributed by atoms with van der Waals surface area (Å²) in [5.41, 5.74) is 1.89. The van der Waals surface area contributed by atoms with Gasteiger partial charge in [0.2, 0.25) is 0 Å². The van der Waals surface area contributed by atoms with E-state index in [1.165, 1.54) is 0 Å². The summed E-state index contributed by atoms with van der Waals surface area (Å²) in [7, 11) is 0. The molecule has 0 aliphatic carbocycles. The molecule has 0 fully saturated rings. The van der Waals surface area contributed by atoms with Gasteiger partial charge in [-0.2, -0.15) is 0 Å². The fourth-order valence-corrected chi connectivity index (χ4v) is 1.11. The minimum atomic E-state index is 0.625. The number of hydrogen-bond acceptors (Lipinski definition) is 2. The number of hydrogen-bond donors (Lipinski definition) is 1. The summed E-state index contributed by atoms with van der Waals surface area (Å²) in [4.78, 5) is 11.1. The lowest BCUT2D eigenvalue weighted by atomic mass is 10.5. The van der Waals surface area contributed by atoms with Crippen molar-refractivity contribution >= 4 is 27.0 Å². The topological polar surface area (TPSA) is 41.6 Å². The number of aromatic nitrogens is 3. The maximum Gasteiger partial charge on any atom is 0.197 e. The number of fused-ring (bicyclic) bond motifs is 1. The van der Waals surface area contributed by atoms with Gasteiger partial charge in [-0.05, 0) is 22.0 Å². The SMILES string of the molecule is Brc1ncc2[nH]ccc2n1. The van der Waals surface area contributed by atoms with Crippen LogP contribution >= 0.6 is 15.9 Å². The summed E-state index contributed by atoms with van der Waals surface area (Å²) in [5.74, 6) is 0. The lowest BCUT2D eigenvalue weighted by molar-refractivity contribution is 1.16. The highest BCUT2D eigenvalue weighted by molar-refractivity contribution is 9.10. The number of H-pyrrole nitrogens is 1. The number of nitrogens with one attached hydrogen (secondary N) is 1. The third-order valence-electron chi connectivity index (χ3n) is 1.27. The Morgan fingerprint density at radius 3 is 3.30 bits per heavy atom. The zero-order valence-electron chi connectivity index (χ0n) is 5.00. The third kappa shape index (κ3) is 0.806.